The highest BCUT2D eigenvalue weighted by Gasteiger charge is 2.16. The molecule has 0 aromatic heterocycles. The molecule has 0 amide bonds. The Balaban J connectivity index is 2.44. The van der Waals surface area contributed by atoms with Gasteiger partial charge in [0.15, 0.2) is 11.5 Å². The first-order valence-corrected chi connectivity index (χ1v) is 8.86. The van der Waals surface area contributed by atoms with Gasteiger partial charge in [-0.2, -0.15) is 0 Å². The number of aromatic hydroxyl groups is 2. The number of methoxy groups -OCH3 is 1. The summed E-state index contributed by atoms with van der Waals surface area (Å²) >= 11 is 6.80. The molecule has 0 aliphatic carbocycles. The van der Waals surface area contributed by atoms with Gasteiger partial charge in [0.25, 0.3) is 0 Å². The lowest BCUT2D eigenvalue weighted by Crippen LogP contribution is -2.10. The third-order valence-corrected chi connectivity index (χ3v) is 5.60. The van der Waals surface area contributed by atoms with Gasteiger partial charge in [-0.25, -0.2) is 0 Å². The number of benzene rings is 2. The largest absolute Gasteiger partial charge is 0.506 e. The van der Waals surface area contributed by atoms with Crippen molar-refractivity contribution in [2.75, 3.05) is 7.11 Å². The SMILES string of the molecule is COc1cc(Br)c(Br)c(C=Nc2ccc(C(C)(C)C)cc2O)c1O. The minimum atomic E-state index is -0.0569. The maximum Gasteiger partial charge on any atom is 0.167 e. The fourth-order valence-corrected chi connectivity index (χ4v) is 2.94. The second-order valence-corrected chi connectivity index (χ2v) is 8.00. The zero-order chi connectivity index (χ0) is 18.1. The van der Waals surface area contributed by atoms with E-state index in [1.165, 1.54) is 13.3 Å². The minimum Gasteiger partial charge on any atom is -0.506 e. The van der Waals surface area contributed by atoms with Crippen LogP contribution in [0.2, 0.25) is 0 Å². The van der Waals surface area contributed by atoms with Crippen LogP contribution in [0.3, 0.4) is 0 Å². The third-order valence-electron chi connectivity index (χ3n) is 3.59. The van der Waals surface area contributed by atoms with E-state index in [4.69, 9.17) is 4.74 Å². The molecule has 0 radical (unpaired) electrons. The Morgan fingerprint density at radius 2 is 1.79 bits per heavy atom. The number of halogens is 2. The molecule has 128 valence electrons. The minimum absolute atomic E-state index is 0.0258. The first-order valence-electron chi connectivity index (χ1n) is 7.27. The maximum absolute atomic E-state index is 10.3. The Morgan fingerprint density at radius 3 is 2.33 bits per heavy atom. The molecule has 24 heavy (non-hydrogen) atoms. The Bertz CT molecular complexity index is 796. The van der Waals surface area contributed by atoms with E-state index in [1.807, 2.05) is 6.07 Å². The van der Waals surface area contributed by atoms with E-state index in [-0.39, 0.29) is 16.9 Å². The quantitative estimate of drug-likeness (QED) is 0.584. The van der Waals surface area contributed by atoms with Gasteiger partial charge in [-0.3, -0.25) is 4.99 Å². The molecule has 0 saturated carbocycles. The number of ether oxygens (including phenoxy) is 1. The molecule has 0 spiro atoms. The van der Waals surface area contributed by atoms with Gasteiger partial charge in [-0.15, -0.1) is 0 Å². The van der Waals surface area contributed by atoms with Crippen LogP contribution >= 0.6 is 31.9 Å². The molecular formula is C18H19Br2NO3. The molecule has 0 saturated heterocycles. The Labute approximate surface area is 158 Å². The van der Waals surface area contributed by atoms with Gasteiger partial charge in [0.2, 0.25) is 0 Å². The molecule has 6 heteroatoms. The van der Waals surface area contributed by atoms with Crippen LogP contribution in [0.1, 0.15) is 31.9 Å². The highest BCUT2D eigenvalue weighted by Crippen LogP contribution is 2.40. The van der Waals surface area contributed by atoms with Gasteiger partial charge < -0.3 is 14.9 Å². The number of hydrogen-bond acceptors (Lipinski definition) is 4. The maximum atomic E-state index is 10.3. The summed E-state index contributed by atoms with van der Waals surface area (Å²) in [6.45, 7) is 6.23. The molecular weight excluding hydrogens is 438 g/mol. The Morgan fingerprint density at radius 1 is 1.12 bits per heavy atom. The van der Waals surface area contributed by atoms with Crippen LogP contribution in [-0.4, -0.2) is 23.5 Å². The predicted octanol–water partition coefficient (Wildman–Crippen LogP) is 5.68. The van der Waals surface area contributed by atoms with Crippen LogP contribution in [0, 0.1) is 0 Å². The zero-order valence-electron chi connectivity index (χ0n) is 13.9. The number of nitrogens with zero attached hydrogens (tertiary/aromatic N) is 1. The van der Waals surface area contributed by atoms with Crippen molar-refractivity contribution in [2.24, 2.45) is 4.99 Å². The molecule has 0 unspecified atom stereocenters. The van der Waals surface area contributed by atoms with Crippen molar-refractivity contribution >= 4 is 43.8 Å². The fourth-order valence-electron chi connectivity index (χ4n) is 2.12. The standard InChI is InChI=1S/C18H19Br2NO3/c1-18(2,3)10-5-6-13(14(22)7-10)21-9-11-16(20)12(19)8-15(24-4)17(11)23/h5-9,22-23H,1-4H3. The van der Waals surface area contributed by atoms with Crippen LogP contribution < -0.4 is 4.74 Å². The fraction of sp³-hybridized carbons (Fsp3) is 0.278. The predicted molar refractivity (Wildman–Crippen MR) is 104 cm³/mol. The van der Waals surface area contributed by atoms with Crippen LogP contribution in [-0.2, 0) is 5.41 Å². The number of phenolic OH excluding ortho intramolecular Hbond substituents is 2. The molecule has 2 aromatic rings. The zero-order valence-corrected chi connectivity index (χ0v) is 17.1. The second kappa shape index (κ2) is 7.15. The van der Waals surface area contributed by atoms with Crippen molar-refractivity contribution in [2.45, 2.75) is 26.2 Å². The molecule has 0 fully saturated rings. The van der Waals surface area contributed by atoms with E-state index in [0.717, 1.165) is 10.0 Å². The average Bonchev–Trinajstić information content (AvgIpc) is 2.51. The van der Waals surface area contributed by atoms with Crippen molar-refractivity contribution < 1.29 is 14.9 Å². The van der Waals surface area contributed by atoms with E-state index in [0.29, 0.717) is 21.5 Å². The molecule has 0 aliphatic rings. The number of phenols is 2. The van der Waals surface area contributed by atoms with Crippen LogP contribution in [0.25, 0.3) is 0 Å². The summed E-state index contributed by atoms with van der Waals surface area (Å²) in [5, 5.41) is 20.5. The summed E-state index contributed by atoms with van der Waals surface area (Å²) in [5.74, 6) is 0.400. The third kappa shape index (κ3) is 3.92. The lowest BCUT2D eigenvalue weighted by atomic mass is 9.87. The molecule has 0 bridgehead atoms. The first-order chi connectivity index (χ1) is 11.1. The first kappa shape index (κ1) is 18.8. The van der Waals surface area contributed by atoms with Gasteiger partial charge in [0.1, 0.15) is 11.4 Å². The highest BCUT2D eigenvalue weighted by molar-refractivity contribution is 9.13. The van der Waals surface area contributed by atoms with Gasteiger partial charge in [-0.05, 0) is 61.0 Å². The summed E-state index contributed by atoms with van der Waals surface area (Å²) < 4.78 is 6.51. The lowest BCUT2D eigenvalue weighted by Gasteiger charge is -2.19. The van der Waals surface area contributed by atoms with E-state index in [2.05, 4.69) is 57.6 Å². The summed E-state index contributed by atoms with van der Waals surface area (Å²) in [4.78, 5) is 4.30. The number of aliphatic imine (C=N–C) groups is 1. The van der Waals surface area contributed by atoms with Crippen molar-refractivity contribution in [1.82, 2.24) is 0 Å². The van der Waals surface area contributed by atoms with E-state index in [9.17, 15) is 10.2 Å². The summed E-state index contributed by atoms with van der Waals surface area (Å²) in [7, 11) is 1.48. The monoisotopic (exact) mass is 455 g/mol. The van der Waals surface area contributed by atoms with E-state index >= 15 is 0 Å². The summed E-state index contributed by atoms with van der Waals surface area (Å²) in [5.41, 5.74) is 1.85. The molecule has 4 nitrogen and oxygen atoms in total. The van der Waals surface area contributed by atoms with Crippen molar-refractivity contribution in [1.29, 1.82) is 0 Å². The van der Waals surface area contributed by atoms with Gasteiger partial charge >= 0.3 is 0 Å². The smallest absolute Gasteiger partial charge is 0.167 e. The van der Waals surface area contributed by atoms with Crippen LogP contribution in [0.15, 0.2) is 38.2 Å². The molecule has 2 aromatic carbocycles. The lowest BCUT2D eigenvalue weighted by molar-refractivity contribution is 0.372. The molecule has 2 N–H and O–H groups in total. The molecule has 0 aliphatic heterocycles. The van der Waals surface area contributed by atoms with Crippen LogP contribution in [0.5, 0.6) is 17.2 Å². The normalized spacial score (nSPS) is 11.9. The van der Waals surface area contributed by atoms with Crippen molar-refractivity contribution in [3.8, 4) is 17.2 Å². The van der Waals surface area contributed by atoms with Crippen LogP contribution in [0.4, 0.5) is 5.69 Å². The highest BCUT2D eigenvalue weighted by atomic mass is 79.9. The topological polar surface area (TPSA) is 62.0 Å². The molecule has 0 atom stereocenters. The van der Waals surface area contributed by atoms with Gasteiger partial charge in [0.05, 0.1) is 12.7 Å². The second-order valence-electron chi connectivity index (χ2n) is 6.35. The summed E-state index contributed by atoms with van der Waals surface area (Å²) in [6.07, 6.45) is 1.48. The van der Waals surface area contributed by atoms with E-state index < -0.39 is 0 Å². The van der Waals surface area contributed by atoms with Crippen molar-refractivity contribution in [3.63, 3.8) is 0 Å². The molecule has 2 rings (SSSR count). The van der Waals surface area contributed by atoms with E-state index in [1.54, 1.807) is 18.2 Å². The Hall–Kier alpha value is -1.53. The number of hydrogen-bond donors (Lipinski definition) is 2. The average molecular weight is 457 g/mol. The summed E-state index contributed by atoms with van der Waals surface area (Å²) in [6, 6.07) is 7.06. The van der Waals surface area contributed by atoms with Crippen molar-refractivity contribution in [3.05, 3.63) is 44.3 Å². The van der Waals surface area contributed by atoms with Gasteiger partial charge in [0, 0.05) is 15.2 Å². The van der Waals surface area contributed by atoms with Gasteiger partial charge in [-0.1, -0.05) is 26.8 Å². The number of rotatable bonds is 3. The Kier molecular flexibility index (Phi) is 5.60. The molecule has 0 heterocycles.